The van der Waals surface area contributed by atoms with E-state index in [1.807, 2.05) is 12.1 Å². The molecule has 26 heavy (non-hydrogen) atoms. The van der Waals surface area contributed by atoms with Crippen molar-refractivity contribution in [3.05, 3.63) is 65.0 Å². The van der Waals surface area contributed by atoms with Gasteiger partial charge in [-0.05, 0) is 55.0 Å². The number of piperidine rings is 1. The second-order valence-corrected chi connectivity index (χ2v) is 7.41. The molecule has 4 nitrogen and oxygen atoms in total. The molecule has 1 amide bonds. The van der Waals surface area contributed by atoms with Crippen molar-refractivity contribution in [1.82, 2.24) is 15.2 Å². The van der Waals surface area contributed by atoms with Crippen LogP contribution in [-0.4, -0.2) is 42.5 Å². The Morgan fingerprint density at radius 2 is 1.96 bits per heavy atom. The van der Waals surface area contributed by atoms with Crippen molar-refractivity contribution < 1.29 is 4.79 Å². The van der Waals surface area contributed by atoms with Crippen LogP contribution in [0.1, 0.15) is 46.9 Å². The van der Waals surface area contributed by atoms with Gasteiger partial charge in [0.05, 0.1) is 5.56 Å². The Balaban J connectivity index is 1.51. The van der Waals surface area contributed by atoms with Crippen molar-refractivity contribution in [2.45, 2.75) is 32.6 Å². The summed E-state index contributed by atoms with van der Waals surface area (Å²) < 4.78 is 0. The van der Waals surface area contributed by atoms with Crippen LogP contribution in [0, 0.1) is 5.92 Å². The van der Waals surface area contributed by atoms with E-state index in [0.29, 0.717) is 5.56 Å². The van der Waals surface area contributed by atoms with Crippen molar-refractivity contribution in [3.63, 3.8) is 0 Å². The van der Waals surface area contributed by atoms with Gasteiger partial charge in [-0.15, -0.1) is 0 Å². The lowest BCUT2D eigenvalue weighted by Gasteiger charge is -2.30. The quantitative estimate of drug-likeness (QED) is 0.868. The molecule has 4 heteroatoms. The van der Waals surface area contributed by atoms with E-state index in [-0.39, 0.29) is 5.91 Å². The largest absolute Gasteiger partial charge is 0.355 e. The summed E-state index contributed by atoms with van der Waals surface area (Å²) >= 11 is 0. The Labute approximate surface area is 156 Å². The van der Waals surface area contributed by atoms with Crippen LogP contribution in [0.5, 0.6) is 0 Å². The number of hydrogen-bond donors (Lipinski definition) is 1. The summed E-state index contributed by atoms with van der Waals surface area (Å²) in [7, 11) is 1.63. The van der Waals surface area contributed by atoms with Gasteiger partial charge in [-0.2, -0.15) is 0 Å². The van der Waals surface area contributed by atoms with E-state index in [1.54, 1.807) is 13.2 Å². The highest BCUT2D eigenvalue weighted by Gasteiger charge is 2.15. The van der Waals surface area contributed by atoms with Crippen LogP contribution >= 0.6 is 0 Å². The van der Waals surface area contributed by atoms with Crippen LogP contribution in [0.15, 0.2) is 42.6 Å². The van der Waals surface area contributed by atoms with Gasteiger partial charge in [-0.3, -0.25) is 9.78 Å². The number of rotatable bonds is 6. The molecule has 1 N–H and O–H groups in total. The molecule has 0 radical (unpaired) electrons. The number of aromatic nitrogens is 1. The molecule has 1 aliphatic heterocycles. The molecule has 1 saturated heterocycles. The number of nitrogens with zero attached hydrogens (tertiary/aromatic N) is 2. The predicted molar refractivity (Wildman–Crippen MR) is 105 cm³/mol. The maximum Gasteiger partial charge on any atom is 0.252 e. The molecule has 0 bridgehead atoms. The minimum absolute atomic E-state index is 0.100. The summed E-state index contributed by atoms with van der Waals surface area (Å²) in [6, 6.07) is 12.6. The molecule has 1 atom stereocenters. The van der Waals surface area contributed by atoms with Gasteiger partial charge in [0.1, 0.15) is 0 Å². The average Bonchev–Trinajstić information content (AvgIpc) is 2.67. The molecule has 138 valence electrons. The minimum Gasteiger partial charge on any atom is -0.355 e. The number of carbonyl (C=O) groups excluding carboxylic acids is 1. The number of benzene rings is 1. The van der Waals surface area contributed by atoms with Crippen molar-refractivity contribution in [1.29, 1.82) is 0 Å². The van der Waals surface area contributed by atoms with Crippen molar-refractivity contribution in [3.8, 4) is 0 Å². The molecule has 0 aliphatic carbocycles. The Morgan fingerprint density at radius 3 is 2.62 bits per heavy atom. The van der Waals surface area contributed by atoms with Crippen LogP contribution in [0.2, 0.25) is 0 Å². The van der Waals surface area contributed by atoms with E-state index in [4.69, 9.17) is 0 Å². The highest BCUT2D eigenvalue weighted by Crippen LogP contribution is 2.16. The minimum atomic E-state index is -0.100. The zero-order valence-corrected chi connectivity index (χ0v) is 15.9. The van der Waals surface area contributed by atoms with Gasteiger partial charge in [0, 0.05) is 38.4 Å². The smallest absolute Gasteiger partial charge is 0.252 e. The molecular weight excluding hydrogens is 322 g/mol. The monoisotopic (exact) mass is 351 g/mol. The topological polar surface area (TPSA) is 45.2 Å². The second kappa shape index (κ2) is 8.95. The first-order chi connectivity index (χ1) is 12.6. The zero-order chi connectivity index (χ0) is 18.4. The van der Waals surface area contributed by atoms with Crippen LogP contribution in [0.3, 0.4) is 0 Å². The van der Waals surface area contributed by atoms with Gasteiger partial charge in [-0.1, -0.05) is 31.2 Å². The fourth-order valence-electron chi connectivity index (χ4n) is 3.62. The lowest BCUT2D eigenvalue weighted by Crippen LogP contribution is -2.35. The Morgan fingerprint density at radius 1 is 1.19 bits per heavy atom. The molecular formula is C22H29N3O. The number of hydrogen-bond acceptors (Lipinski definition) is 3. The maximum absolute atomic E-state index is 11.6. The first-order valence-corrected chi connectivity index (χ1v) is 9.61. The zero-order valence-electron chi connectivity index (χ0n) is 15.9. The molecule has 3 rings (SSSR count). The fraction of sp³-hybridized carbons (Fsp3) is 0.455. The third-order valence-electron chi connectivity index (χ3n) is 5.18. The molecule has 0 unspecified atom stereocenters. The lowest BCUT2D eigenvalue weighted by atomic mass is 9.99. The van der Waals surface area contributed by atoms with Crippen molar-refractivity contribution in [2.75, 3.05) is 26.7 Å². The number of pyridine rings is 1. The molecule has 2 heterocycles. The summed E-state index contributed by atoms with van der Waals surface area (Å²) in [6.45, 7) is 6.01. The normalized spacial score (nSPS) is 17.8. The standard InChI is InChI=1S/C22H29N3O/c1-17-4-3-12-25(16-17)13-11-18-5-7-19(8-6-18)14-21-10-9-20(15-24-21)22(26)23-2/h5-10,15,17H,3-4,11-14,16H2,1-2H3,(H,23,26)/t17-/m0/s1. The first-order valence-electron chi connectivity index (χ1n) is 9.61. The Kier molecular flexibility index (Phi) is 6.40. The van der Waals surface area contributed by atoms with Crippen LogP contribution in [0.4, 0.5) is 0 Å². The molecule has 0 saturated carbocycles. The fourth-order valence-corrected chi connectivity index (χ4v) is 3.62. The molecule has 1 aliphatic rings. The number of likely N-dealkylation sites (tertiary alicyclic amines) is 1. The molecule has 1 aromatic heterocycles. The molecule has 2 aromatic rings. The third-order valence-corrected chi connectivity index (χ3v) is 5.18. The highest BCUT2D eigenvalue weighted by molar-refractivity contribution is 5.93. The summed E-state index contributed by atoms with van der Waals surface area (Å²) in [6.07, 6.45) is 6.27. The van der Waals surface area contributed by atoms with E-state index >= 15 is 0 Å². The molecule has 1 fully saturated rings. The van der Waals surface area contributed by atoms with Crippen molar-refractivity contribution >= 4 is 5.91 Å². The first kappa shape index (κ1) is 18.6. The second-order valence-electron chi connectivity index (χ2n) is 7.41. The van der Waals surface area contributed by atoms with Gasteiger partial charge in [0.2, 0.25) is 0 Å². The van der Waals surface area contributed by atoms with Gasteiger partial charge in [0.25, 0.3) is 5.91 Å². The SMILES string of the molecule is CNC(=O)c1ccc(Cc2ccc(CCN3CCC[C@H](C)C3)cc2)nc1. The Hall–Kier alpha value is -2.20. The van der Waals surface area contributed by atoms with E-state index in [2.05, 4.69) is 46.4 Å². The maximum atomic E-state index is 11.6. The lowest BCUT2D eigenvalue weighted by molar-refractivity contribution is 0.0962. The summed E-state index contributed by atoms with van der Waals surface area (Å²) in [4.78, 5) is 18.6. The van der Waals surface area contributed by atoms with E-state index in [0.717, 1.165) is 31.0 Å². The predicted octanol–water partition coefficient (Wildman–Crippen LogP) is 3.31. The molecule has 0 spiro atoms. The number of amides is 1. The highest BCUT2D eigenvalue weighted by atomic mass is 16.1. The van der Waals surface area contributed by atoms with Gasteiger partial charge < -0.3 is 10.2 Å². The van der Waals surface area contributed by atoms with Gasteiger partial charge in [0.15, 0.2) is 0 Å². The van der Waals surface area contributed by atoms with Crippen LogP contribution in [-0.2, 0) is 12.8 Å². The van der Waals surface area contributed by atoms with Crippen LogP contribution < -0.4 is 5.32 Å². The molecule has 1 aromatic carbocycles. The van der Waals surface area contributed by atoms with Crippen LogP contribution in [0.25, 0.3) is 0 Å². The summed E-state index contributed by atoms with van der Waals surface area (Å²) in [5.41, 5.74) is 4.22. The van der Waals surface area contributed by atoms with Crippen molar-refractivity contribution in [2.24, 2.45) is 5.92 Å². The van der Waals surface area contributed by atoms with Gasteiger partial charge >= 0.3 is 0 Å². The third kappa shape index (κ3) is 5.15. The van der Waals surface area contributed by atoms with E-state index in [9.17, 15) is 4.79 Å². The van der Waals surface area contributed by atoms with Gasteiger partial charge in [-0.25, -0.2) is 0 Å². The number of carbonyl (C=O) groups is 1. The average molecular weight is 351 g/mol. The Bertz CT molecular complexity index is 709. The van der Waals surface area contributed by atoms with E-state index in [1.165, 1.54) is 37.1 Å². The summed E-state index contributed by atoms with van der Waals surface area (Å²) in [5.74, 6) is 0.741. The van der Waals surface area contributed by atoms with E-state index < -0.39 is 0 Å². The number of nitrogens with one attached hydrogen (secondary N) is 1. The summed E-state index contributed by atoms with van der Waals surface area (Å²) in [5, 5.41) is 2.61.